The molecule has 4 rings (SSSR count). The first-order valence-electron chi connectivity index (χ1n) is 8.82. The number of amides is 2. The van der Waals surface area contributed by atoms with E-state index in [0.717, 1.165) is 34.0 Å². The third kappa shape index (κ3) is 3.81. The fourth-order valence-electron chi connectivity index (χ4n) is 3.57. The Morgan fingerprint density at radius 2 is 2.11 bits per heavy atom. The lowest BCUT2D eigenvalue weighted by Crippen LogP contribution is -2.32. The Hall–Kier alpha value is -1.70. The highest BCUT2D eigenvalue weighted by molar-refractivity contribution is 9.11. The molecule has 2 aromatic carbocycles. The van der Waals surface area contributed by atoms with Gasteiger partial charge in [-0.25, -0.2) is 0 Å². The molecule has 1 atom stereocenters. The number of halogens is 2. The number of carbonyl (C=O) groups excluding carboxylic acids is 2. The standard InChI is InChI=1S/C20H18Br2N2O3/c21-13-6-7-17(16(22)9-13)23-19(25)15-5-1-3-12-10-24(20(26)18(12)15)11-14-4-2-8-27-14/h1,3,5-7,9,14H,2,4,8,10-11H2,(H,23,25)/t14-/m1/s1. The Morgan fingerprint density at radius 1 is 1.26 bits per heavy atom. The molecule has 2 amide bonds. The number of benzene rings is 2. The monoisotopic (exact) mass is 492 g/mol. The van der Waals surface area contributed by atoms with Crippen LogP contribution in [0.2, 0.25) is 0 Å². The van der Waals surface area contributed by atoms with Crippen molar-refractivity contribution in [2.24, 2.45) is 0 Å². The fraction of sp³-hybridized carbons (Fsp3) is 0.300. The third-order valence-electron chi connectivity index (χ3n) is 4.89. The average molecular weight is 494 g/mol. The predicted octanol–water partition coefficient (Wildman–Crippen LogP) is 4.60. The van der Waals surface area contributed by atoms with E-state index >= 15 is 0 Å². The van der Waals surface area contributed by atoms with Gasteiger partial charge in [-0.3, -0.25) is 9.59 Å². The van der Waals surface area contributed by atoms with Gasteiger partial charge in [-0.05, 0) is 58.6 Å². The molecule has 0 aromatic heterocycles. The molecule has 1 fully saturated rings. The van der Waals surface area contributed by atoms with Crippen molar-refractivity contribution in [3.63, 3.8) is 0 Å². The van der Waals surface area contributed by atoms with Gasteiger partial charge >= 0.3 is 0 Å². The molecule has 0 radical (unpaired) electrons. The molecular weight excluding hydrogens is 476 g/mol. The van der Waals surface area contributed by atoms with E-state index in [0.29, 0.717) is 29.9 Å². The quantitative estimate of drug-likeness (QED) is 0.677. The van der Waals surface area contributed by atoms with Crippen LogP contribution in [0.25, 0.3) is 0 Å². The van der Waals surface area contributed by atoms with Gasteiger partial charge in [0.05, 0.1) is 22.9 Å². The minimum Gasteiger partial charge on any atom is -0.376 e. The lowest BCUT2D eigenvalue weighted by molar-refractivity contribution is 0.0544. The van der Waals surface area contributed by atoms with E-state index in [9.17, 15) is 9.59 Å². The van der Waals surface area contributed by atoms with Gasteiger partial charge in [0, 0.05) is 28.6 Å². The van der Waals surface area contributed by atoms with Crippen LogP contribution >= 0.6 is 31.9 Å². The van der Waals surface area contributed by atoms with E-state index in [1.807, 2.05) is 24.3 Å². The zero-order valence-corrected chi connectivity index (χ0v) is 17.7. The van der Waals surface area contributed by atoms with Crippen molar-refractivity contribution in [3.8, 4) is 0 Å². The summed E-state index contributed by atoms with van der Waals surface area (Å²) in [4.78, 5) is 27.6. The topological polar surface area (TPSA) is 58.6 Å². The molecule has 140 valence electrons. The van der Waals surface area contributed by atoms with Crippen LogP contribution in [-0.4, -0.2) is 36.0 Å². The number of anilines is 1. The number of rotatable bonds is 4. The molecular formula is C20H18Br2N2O3. The number of nitrogens with one attached hydrogen (secondary N) is 1. The first-order chi connectivity index (χ1) is 13.0. The van der Waals surface area contributed by atoms with Crippen molar-refractivity contribution in [2.75, 3.05) is 18.5 Å². The number of hydrogen-bond donors (Lipinski definition) is 1. The molecule has 0 bridgehead atoms. The Balaban J connectivity index is 1.56. The average Bonchev–Trinajstić information content (AvgIpc) is 3.26. The van der Waals surface area contributed by atoms with Crippen LogP contribution < -0.4 is 5.32 Å². The maximum Gasteiger partial charge on any atom is 0.256 e. The summed E-state index contributed by atoms with van der Waals surface area (Å²) < 4.78 is 7.34. The normalized spacial score (nSPS) is 18.7. The predicted molar refractivity (Wildman–Crippen MR) is 110 cm³/mol. The summed E-state index contributed by atoms with van der Waals surface area (Å²) in [6.07, 6.45) is 2.11. The summed E-state index contributed by atoms with van der Waals surface area (Å²) in [5.41, 5.74) is 2.45. The van der Waals surface area contributed by atoms with Crippen molar-refractivity contribution in [3.05, 3.63) is 62.0 Å². The van der Waals surface area contributed by atoms with E-state index in [2.05, 4.69) is 37.2 Å². The van der Waals surface area contributed by atoms with Crippen LogP contribution in [0.4, 0.5) is 5.69 Å². The molecule has 0 saturated carbocycles. The van der Waals surface area contributed by atoms with Crippen LogP contribution in [0, 0.1) is 0 Å². The molecule has 1 N–H and O–H groups in total. The summed E-state index contributed by atoms with van der Waals surface area (Å²) in [5, 5.41) is 2.89. The van der Waals surface area contributed by atoms with E-state index in [4.69, 9.17) is 4.74 Å². The second kappa shape index (κ2) is 7.73. The van der Waals surface area contributed by atoms with Crippen molar-refractivity contribution < 1.29 is 14.3 Å². The van der Waals surface area contributed by atoms with Gasteiger partial charge in [-0.2, -0.15) is 0 Å². The summed E-state index contributed by atoms with van der Waals surface area (Å²) >= 11 is 6.84. The number of hydrogen-bond acceptors (Lipinski definition) is 3. The molecule has 2 aliphatic heterocycles. The Bertz CT molecular complexity index is 910. The van der Waals surface area contributed by atoms with Gasteiger partial charge in [-0.1, -0.05) is 28.1 Å². The van der Waals surface area contributed by atoms with Gasteiger partial charge in [0.2, 0.25) is 0 Å². The van der Waals surface area contributed by atoms with Crippen LogP contribution in [0.3, 0.4) is 0 Å². The van der Waals surface area contributed by atoms with E-state index in [1.54, 1.807) is 17.0 Å². The second-order valence-electron chi connectivity index (χ2n) is 6.74. The van der Waals surface area contributed by atoms with Crippen molar-refractivity contribution in [1.82, 2.24) is 4.90 Å². The number of carbonyl (C=O) groups is 2. The largest absolute Gasteiger partial charge is 0.376 e. The zero-order valence-electron chi connectivity index (χ0n) is 14.5. The SMILES string of the molecule is O=C(Nc1ccc(Br)cc1Br)c1cccc2c1C(=O)N(C[C@H]1CCCO1)C2. The van der Waals surface area contributed by atoms with Crippen molar-refractivity contribution in [1.29, 1.82) is 0 Å². The summed E-state index contributed by atoms with van der Waals surface area (Å²) in [7, 11) is 0. The molecule has 1 saturated heterocycles. The fourth-order valence-corrected chi connectivity index (χ4v) is 4.72. The van der Waals surface area contributed by atoms with Crippen LogP contribution in [0.15, 0.2) is 45.3 Å². The molecule has 2 aromatic rings. The Morgan fingerprint density at radius 3 is 2.85 bits per heavy atom. The van der Waals surface area contributed by atoms with Crippen LogP contribution in [-0.2, 0) is 11.3 Å². The summed E-state index contributed by atoms with van der Waals surface area (Å²) in [6.45, 7) is 1.86. The lowest BCUT2D eigenvalue weighted by Gasteiger charge is -2.19. The van der Waals surface area contributed by atoms with Gasteiger partial charge in [0.1, 0.15) is 0 Å². The molecule has 2 aliphatic rings. The molecule has 0 spiro atoms. The third-order valence-corrected chi connectivity index (χ3v) is 6.03. The zero-order chi connectivity index (χ0) is 19.0. The highest BCUT2D eigenvalue weighted by Gasteiger charge is 2.33. The molecule has 0 unspecified atom stereocenters. The van der Waals surface area contributed by atoms with Crippen LogP contribution in [0.1, 0.15) is 39.1 Å². The Labute approximate surface area is 174 Å². The first kappa shape index (κ1) is 18.7. The molecule has 5 nitrogen and oxygen atoms in total. The molecule has 2 heterocycles. The minimum atomic E-state index is -0.290. The number of fused-ring (bicyclic) bond motifs is 1. The van der Waals surface area contributed by atoms with E-state index in [-0.39, 0.29) is 17.9 Å². The van der Waals surface area contributed by atoms with Crippen molar-refractivity contribution in [2.45, 2.75) is 25.5 Å². The van der Waals surface area contributed by atoms with Gasteiger partial charge in [-0.15, -0.1) is 0 Å². The van der Waals surface area contributed by atoms with E-state index in [1.165, 1.54) is 0 Å². The molecule has 0 aliphatic carbocycles. The molecule has 7 heteroatoms. The first-order valence-corrected chi connectivity index (χ1v) is 10.4. The van der Waals surface area contributed by atoms with Gasteiger partial charge in [0.25, 0.3) is 11.8 Å². The second-order valence-corrected chi connectivity index (χ2v) is 8.51. The maximum atomic E-state index is 12.9. The highest BCUT2D eigenvalue weighted by atomic mass is 79.9. The lowest BCUT2D eigenvalue weighted by atomic mass is 10.0. The number of nitrogens with zero attached hydrogens (tertiary/aromatic N) is 1. The van der Waals surface area contributed by atoms with Crippen molar-refractivity contribution >= 4 is 49.4 Å². The minimum absolute atomic E-state index is 0.0962. The maximum absolute atomic E-state index is 12.9. The number of ether oxygens (including phenoxy) is 1. The van der Waals surface area contributed by atoms with E-state index < -0.39 is 0 Å². The Kier molecular flexibility index (Phi) is 5.34. The molecule has 27 heavy (non-hydrogen) atoms. The van der Waals surface area contributed by atoms with Gasteiger partial charge in [0.15, 0.2) is 0 Å². The highest BCUT2D eigenvalue weighted by Crippen LogP contribution is 2.30. The van der Waals surface area contributed by atoms with Crippen LogP contribution in [0.5, 0.6) is 0 Å². The summed E-state index contributed by atoms with van der Waals surface area (Å²) in [5.74, 6) is -0.386. The summed E-state index contributed by atoms with van der Waals surface area (Å²) in [6, 6.07) is 11.0. The van der Waals surface area contributed by atoms with Gasteiger partial charge < -0.3 is 15.0 Å². The smallest absolute Gasteiger partial charge is 0.256 e.